The van der Waals surface area contributed by atoms with Gasteiger partial charge in [0.25, 0.3) is 0 Å². The van der Waals surface area contributed by atoms with E-state index < -0.39 is 6.10 Å². The lowest BCUT2D eigenvalue weighted by Crippen LogP contribution is -2.30. The van der Waals surface area contributed by atoms with Crippen LogP contribution in [0, 0.1) is 0 Å². The highest BCUT2D eigenvalue weighted by atomic mass is 16.6. The summed E-state index contributed by atoms with van der Waals surface area (Å²) < 4.78 is 16.6. The van der Waals surface area contributed by atoms with Crippen molar-refractivity contribution in [1.82, 2.24) is 0 Å². The molecule has 0 aromatic heterocycles. The molecule has 6 nitrogen and oxygen atoms in total. The molecule has 1 unspecified atom stereocenters. The van der Waals surface area contributed by atoms with E-state index in [2.05, 4.69) is 45.1 Å². The average Bonchev–Trinajstić information content (AvgIpc) is 3.11. The number of carbonyl (C=O) groups excluding carboxylic acids is 3. The van der Waals surface area contributed by atoms with Gasteiger partial charge in [0, 0.05) is 19.3 Å². The van der Waals surface area contributed by atoms with Crippen LogP contribution in [-0.4, -0.2) is 37.2 Å². The highest BCUT2D eigenvalue weighted by Gasteiger charge is 2.19. The second kappa shape index (κ2) is 39.7. The summed E-state index contributed by atoms with van der Waals surface area (Å²) in [5.74, 6) is -0.898. The molecule has 50 heavy (non-hydrogen) atoms. The minimum atomic E-state index is -0.770. The van der Waals surface area contributed by atoms with Crippen LogP contribution in [0.1, 0.15) is 220 Å². The first-order valence-electron chi connectivity index (χ1n) is 21.3. The number of hydrogen-bond acceptors (Lipinski definition) is 6. The lowest BCUT2D eigenvalue weighted by Gasteiger charge is -2.18. The molecule has 0 aromatic carbocycles. The number of esters is 3. The molecule has 0 rings (SSSR count). The molecule has 0 saturated carbocycles. The largest absolute Gasteiger partial charge is 0.462 e. The van der Waals surface area contributed by atoms with Crippen LogP contribution in [0.5, 0.6) is 0 Å². The van der Waals surface area contributed by atoms with E-state index in [1.807, 2.05) is 0 Å². The Hall–Kier alpha value is -2.11. The van der Waals surface area contributed by atoms with Gasteiger partial charge < -0.3 is 14.2 Å². The van der Waals surface area contributed by atoms with Crippen LogP contribution in [0.2, 0.25) is 0 Å². The van der Waals surface area contributed by atoms with Crippen molar-refractivity contribution in [3.05, 3.63) is 24.3 Å². The normalized spacial score (nSPS) is 12.1. The fourth-order valence-corrected chi connectivity index (χ4v) is 5.89. The van der Waals surface area contributed by atoms with Crippen molar-refractivity contribution in [1.29, 1.82) is 0 Å². The first-order valence-corrected chi connectivity index (χ1v) is 21.3. The minimum absolute atomic E-state index is 0.0753. The topological polar surface area (TPSA) is 78.9 Å². The van der Waals surface area contributed by atoms with Gasteiger partial charge in [-0.2, -0.15) is 0 Å². The van der Waals surface area contributed by atoms with Crippen molar-refractivity contribution < 1.29 is 28.6 Å². The molecular weight excluding hydrogens is 624 g/mol. The molecule has 0 aromatic rings. The van der Waals surface area contributed by atoms with Gasteiger partial charge in [-0.05, 0) is 64.2 Å². The van der Waals surface area contributed by atoms with Crippen molar-refractivity contribution in [3.63, 3.8) is 0 Å². The number of allylic oxidation sites excluding steroid dienone is 4. The molecule has 0 aliphatic rings. The van der Waals surface area contributed by atoms with Gasteiger partial charge >= 0.3 is 17.9 Å². The highest BCUT2D eigenvalue weighted by Crippen LogP contribution is 2.13. The standard InChI is InChI=1S/C44H80O6/c1-4-7-10-13-16-19-21-23-25-28-31-34-37-43(46)49-40-41(39-48-42(45)36-33-30-27-24-18-15-12-9-6-3)50-44(47)38-35-32-29-26-22-20-17-14-11-8-5-2/h14,16-17,19,41H,4-13,15,18,20-40H2,1-3H3/b17-14-,19-16-. The zero-order valence-corrected chi connectivity index (χ0v) is 33.2. The van der Waals surface area contributed by atoms with Gasteiger partial charge in [-0.1, -0.05) is 161 Å². The van der Waals surface area contributed by atoms with Gasteiger partial charge in [0.1, 0.15) is 13.2 Å². The van der Waals surface area contributed by atoms with E-state index in [0.29, 0.717) is 19.3 Å². The van der Waals surface area contributed by atoms with E-state index in [4.69, 9.17) is 14.2 Å². The number of unbranched alkanes of at least 4 members (excludes halogenated alkanes) is 23. The SMILES string of the molecule is CCCC/C=C\CCCCCCCC(=O)OC(COC(=O)CCCCCCC/C=C\CCCCC)COC(=O)CCCCCCCCCCC. The van der Waals surface area contributed by atoms with Crippen LogP contribution in [-0.2, 0) is 28.6 Å². The van der Waals surface area contributed by atoms with Crippen LogP contribution in [0.25, 0.3) is 0 Å². The molecule has 0 N–H and O–H groups in total. The van der Waals surface area contributed by atoms with Gasteiger partial charge in [-0.15, -0.1) is 0 Å². The third-order valence-corrected chi connectivity index (χ3v) is 9.18. The average molecular weight is 705 g/mol. The molecule has 0 heterocycles. The van der Waals surface area contributed by atoms with E-state index in [-0.39, 0.29) is 31.1 Å². The number of hydrogen-bond donors (Lipinski definition) is 0. The van der Waals surface area contributed by atoms with Gasteiger partial charge in [-0.3, -0.25) is 14.4 Å². The zero-order valence-electron chi connectivity index (χ0n) is 33.2. The molecule has 0 radical (unpaired) electrons. The summed E-state index contributed by atoms with van der Waals surface area (Å²) in [7, 11) is 0. The molecule has 1 atom stereocenters. The van der Waals surface area contributed by atoms with E-state index in [1.54, 1.807) is 0 Å². The summed E-state index contributed by atoms with van der Waals surface area (Å²) in [6.07, 6.45) is 41.6. The van der Waals surface area contributed by atoms with Crippen molar-refractivity contribution in [2.75, 3.05) is 13.2 Å². The number of rotatable bonds is 38. The van der Waals surface area contributed by atoms with Crippen molar-refractivity contribution in [2.45, 2.75) is 226 Å². The molecule has 0 saturated heterocycles. The Balaban J connectivity index is 4.38. The van der Waals surface area contributed by atoms with Crippen LogP contribution < -0.4 is 0 Å². The molecular formula is C44H80O6. The maximum Gasteiger partial charge on any atom is 0.306 e. The minimum Gasteiger partial charge on any atom is -0.462 e. The van der Waals surface area contributed by atoms with E-state index in [1.165, 1.54) is 103 Å². The first-order chi connectivity index (χ1) is 24.5. The second-order valence-corrected chi connectivity index (χ2v) is 14.3. The Labute approximate surface area is 309 Å². The Morgan fingerprint density at radius 1 is 0.380 bits per heavy atom. The van der Waals surface area contributed by atoms with Gasteiger partial charge in [0.2, 0.25) is 0 Å². The number of ether oxygens (including phenoxy) is 3. The second-order valence-electron chi connectivity index (χ2n) is 14.3. The molecule has 0 aliphatic heterocycles. The van der Waals surface area contributed by atoms with Crippen LogP contribution in [0.15, 0.2) is 24.3 Å². The molecule has 292 valence electrons. The van der Waals surface area contributed by atoms with E-state index in [0.717, 1.165) is 77.0 Å². The molecule has 6 heteroatoms. The molecule has 0 spiro atoms. The summed E-state index contributed by atoms with van der Waals surface area (Å²) in [5.41, 5.74) is 0. The maximum atomic E-state index is 12.6. The summed E-state index contributed by atoms with van der Waals surface area (Å²) >= 11 is 0. The summed E-state index contributed by atoms with van der Waals surface area (Å²) in [6.45, 7) is 6.53. The molecule has 0 amide bonds. The van der Waals surface area contributed by atoms with Crippen LogP contribution in [0.4, 0.5) is 0 Å². The van der Waals surface area contributed by atoms with Crippen LogP contribution in [0.3, 0.4) is 0 Å². The summed E-state index contributed by atoms with van der Waals surface area (Å²) in [4.78, 5) is 37.5. The predicted molar refractivity (Wildman–Crippen MR) is 210 cm³/mol. The van der Waals surface area contributed by atoms with Crippen molar-refractivity contribution in [2.24, 2.45) is 0 Å². The quantitative estimate of drug-likeness (QED) is 0.0275. The fourth-order valence-electron chi connectivity index (χ4n) is 5.89. The van der Waals surface area contributed by atoms with E-state index in [9.17, 15) is 14.4 Å². The Bertz CT molecular complexity index is 819. The molecule has 0 fully saturated rings. The van der Waals surface area contributed by atoms with Gasteiger partial charge in [-0.25, -0.2) is 0 Å². The number of carbonyl (C=O) groups is 3. The fraction of sp³-hybridized carbons (Fsp3) is 0.841. The lowest BCUT2D eigenvalue weighted by atomic mass is 10.1. The predicted octanol–water partition coefficient (Wildman–Crippen LogP) is 13.2. The first kappa shape index (κ1) is 47.9. The monoisotopic (exact) mass is 705 g/mol. The summed E-state index contributed by atoms with van der Waals surface area (Å²) in [6, 6.07) is 0. The van der Waals surface area contributed by atoms with Gasteiger partial charge in [0.05, 0.1) is 0 Å². The highest BCUT2D eigenvalue weighted by molar-refractivity contribution is 5.71. The van der Waals surface area contributed by atoms with Crippen molar-refractivity contribution in [3.8, 4) is 0 Å². The lowest BCUT2D eigenvalue weighted by molar-refractivity contribution is -0.167. The third kappa shape index (κ3) is 37.2. The Morgan fingerprint density at radius 3 is 1.10 bits per heavy atom. The van der Waals surface area contributed by atoms with Crippen LogP contribution >= 0.6 is 0 Å². The summed E-state index contributed by atoms with van der Waals surface area (Å²) in [5, 5.41) is 0. The third-order valence-electron chi connectivity index (χ3n) is 9.18. The van der Waals surface area contributed by atoms with Crippen molar-refractivity contribution >= 4 is 17.9 Å². The zero-order chi connectivity index (χ0) is 36.6. The van der Waals surface area contributed by atoms with Gasteiger partial charge in [0.15, 0.2) is 6.10 Å². The maximum absolute atomic E-state index is 12.6. The van der Waals surface area contributed by atoms with E-state index >= 15 is 0 Å². The molecule has 0 aliphatic carbocycles. The Kier molecular flexibility index (Phi) is 38.0. The smallest absolute Gasteiger partial charge is 0.306 e. The Morgan fingerprint density at radius 2 is 0.680 bits per heavy atom. The molecule has 0 bridgehead atoms.